The Bertz CT molecular complexity index is 508. The zero-order valence-electron chi connectivity index (χ0n) is 9.58. The molecule has 1 aromatic heterocycles. The van der Waals surface area contributed by atoms with Gasteiger partial charge in [0.05, 0.1) is 0 Å². The summed E-state index contributed by atoms with van der Waals surface area (Å²) in [5.74, 6) is 0. The number of aromatic nitrogens is 1. The monoisotopic (exact) mass is 404 g/mol. The number of nitrogens with one attached hydrogen (secondary N) is 1. The first-order valence-corrected chi connectivity index (χ1v) is 7.40. The Hall–Kier alpha value is -0.490. The molecule has 0 aliphatic carbocycles. The molecule has 0 aliphatic heterocycles. The van der Waals surface area contributed by atoms with Gasteiger partial charge in [-0.3, -0.25) is 0 Å². The van der Waals surface area contributed by atoms with Gasteiger partial charge in [0.2, 0.25) is 0 Å². The molecule has 0 saturated heterocycles. The smallest absolute Gasteiger partial charge is 0.0415 e. The molecule has 0 saturated carbocycles. The van der Waals surface area contributed by atoms with Gasteiger partial charge in [-0.05, 0) is 75.3 Å². The van der Waals surface area contributed by atoms with E-state index in [9.17, 15) is 0 Å². The first kappa shape index (κ1) is 13.0. The molecular weight excluding hydrogens is 391 g/mol. The largest absolute Gasteiger partial charge is 0.381 e. The van der Waals surface area contributed by atoms with Crippen LogP contribution in [0.15, 0.2) is 41.1 Å². The van der Waals surface area contributed by atoms with E-state index in [2.05, 4.69) is 92.0 Å². The van der Waals surface area contributed by atoms with Crippen LogP contribution < -0.4 is 5.32 Å². The highest BCUT2D eigenvalue weighted by Gasteiger charge is 1.99. The fourth-order valence-corrected chi connectivity index (χ4v) is 2.32. The molecule has 2 rings (SSSR count). The van der Waals surface area contributed by atoms with Gasteiger partial charge in [-0.2, -0.15) is 0 Å². The lowest BCUT2D eigenvalue weighted by molar-refractivity contribution is 0.766. The van der Waals surface area contributed by atoms with E-state index in [0.717, 1.165) is 23.2 Å². The average molecular weight is 405 g/mol. The van der Waals surface area contributed by atoms with Crippen LogP contribution in [0.4, 0.5) is 5.69 Å². The maximum atomic E-state index is 3.54. The second kappa shape index (κ2) is 5.91. The lowest BCUT2D eigenvalue weighted by atomic mass is 10.3. The second-order valence-electron chi connectivity index (χ2n) is 3.83. The summed E-state index contributed by atoms with van der Waals surface area (Å²) < 4.78 is 4.54. The Morgan fingerprint density at radius 2 is 2.18 bits per heavy atom. The van der Waals surface area contributed by atoms with Gasteiger partial charge in [0, 0.05) is 39.2 Å². The normalized spacial score (nSPS) is 10.5. The third-order valence-corrected chi connectivity index (χ3v) is 4.93. The van der Waals surface area contributed by atoms with E-state index in [1.54, 1.807) is 0 Å². The summed E-state index contributed by atoms with van der Waals surface area (Å²) in [6.07, 6.45) is 4.29. The third-order valence-electron chi connectivity index (χ3n) is 2.59. The molecule has 1 heterocycles. The van der Waals surface area contributed by atoms with Crippen LogP contribution in [-0.4, -0.2) is 4.57 Å². The molecule has 0 atom stereocenters. The van der Waals surface area contributed by atoms with Crippen molar-refractivity contribution in [3.05, 3.63) is 50.3 Å². The van der Waals surface area contributed by atoms with E-state index in [1.807, 2.05) is 0 Å². The molecule has 0 radical (unpaired) electrons. The number of hydrogen-bond acceptors (Lipinski definition) is 1. The molecule has 90 valence electrons. The van der Waals surface area contributed by atoms with Crippen molar-refractivity contribution in [2.75, 3.05) is 5.32 Å². The van der Waals surface area contributed by atoms with Gasteiger partial charge < -0.3 is 9.88 Å². The van der Waals surface area contributed by atoms with Crippen molar-refractivity contribution < 1.29 is 0 Å². The maximum absolute atomic E-state index is 3.54. The highest BCUT2D eigenvalue weighted by Crippen LogP contribution is 2.23. The topological polar surface area (TPSA) is 17.0 Å². The molecule has 17 heavy (non-hydrogen) atoms. The molecule has 0 fully saturated rings. The van der Waals surface area contributed by atoms with Crippen LogP contribution in [0.25, 0.3) is 0 Å². The van der Waals surface area contributed by atoms with Crippen molar-refractivity contribution in [1.29, 1.82) is 0 Å². The van der Waals surface area contributed by atoms with Crippen LogP contribution >= 0.6 is 38.5 Å². The Balaban J connectivity index is 1.99. The standard InChI is InChI=1S/C13H14BrIN2/c1-2-17-6-5-10(9-17)8-16-11-3-4-13(15)12(14)7-11/h3-7,9,16H,2,8H2,1H3. The molecule has 0 amide bonds. The van der Waals surface area contributed by atoms with E-state index in [1.165, 1.54) is 9.13 Å². The molecule has 0 aliphatic rings. The van der Waals surface area contributed by atoms with Gasteiger partial charge in [0.25, 0.3) is 0 Å². The Labute approximate surface area is 124 Å². The summed E-state index contributed by atoms with van der Waals surface area (Å²) in [6.45, 7) is 4.03. The summed E-state index contributed by atoms with van der Waals surface area (Å²) in [5.41, 5.74) is 2.45. The first-order valence-electron chi connectivity index (χ1n) is 5.52. The van der Waals surface area contributed by atoms with Gasteiger partial charge in [-0.1, -0.05) is 0 Å². The minimum Gasteiger partial charge on any atom is -0.381 e. The van der Waals surface area contributed by atoms with Gasteiger partial charge in [0.15, 0.2) is 0 Å². The molecule has 1 N–H and O–H groups in total. The predicted octanol–water partition coefficient (Wildman–Crippen LogP) is 4.49. The average Bonchev–Trinajstić information content (AvgIpc) is 2.79. The summed E-state index contributed by atoms with van der Waals surface area (Å²) in [7, 11) is 0. The molecule has 2 nitrogen and oxygen atoms in total. The lowest BCUT2D eigenvalue weighted by Gasteiger charge is -2.06. The molecule has 0 spiro atoms. The number of rotatable bonds is 4. The highest BCUT2D eigenvalue weighted by atomic mass is 127. The summed E-state index contributed by atoms with van der Waals surface area (Å²) in [5, 5.41) is 3.42. The van der Waals surface area contributed by atoms with Crippen molar-refractivity contribution in [2.45, 2.75) is 20.0 Å². The van der Waals surface area contributed by atoms with Gasteiger partial charge in [-0.25, -0.2) is 0 Å². The summed E-state index contributed by atoms with van der Waals surface area (Å²) >= 11 is 5.85. The minimum atomic E-state index is 0.861. The van der Waals surface area contributed by atoms with Crippen molar-refractivity contribution in [1.82, 2.24) is 4.57 Å². The fraction of sp³-hybridized carbons (Fsp3) is 0.231. The zero-order chi connectivity index (χ0) is 12.3. The first-order chi connectivity index (χ1) is 8.19. The van der Waals surface area contributed by atoms with Crippen molar-refractivity contribution >= 4 is 44.2 Å². The lowest BCUT2D eigenvalue weighted by Crippen LogP contribution is -1.98. The molecular formula is C13H14BrIN2. The molecule has 1 aromatic carbocycles. The third kappa shape index (κ3) is 3.48. The van der Waals surface area contributed by atoms with Crippen molar-refractivity contribution in [2.24, 2.45) is 0 Å². The minimum absolute atomic E-state index is 0.861. The van der Waals surface area contributed by atoms with Crippen LogP contribution in [0.1, 0.15) is 12.5 Å². The Morgan fingerprint density at radius 3 is 2.82 bits per heavy atom. The van der Waals surface area contributed by atoms with Crippen LogP contribution in [0.3, 0.4) is 0 Å². The number of anilines is 1. The van der Waals surface area contributed by atoms with Crippen LogP contribution in [0.2, 0.25) is 0 Å². The number of halogens is 2. The van der Waals surface area contributed by atoms with Gasteiger partial charge in [0.1, 0.15) is 0 Å². The van der Waals surface area contributed by atoms with Gasteiger partial charge >= 0.3 is 0 Å². The molecule has 0 unspecified atom stereocenters. The number of nitrogens with zero attached hydrogens (tertiary/aromatic N) is 1. The van der Waals surface area contributed by atoms with E-state index in [4.69, 9.17) is 0 Å². The molecule has 0 bridgehead atoms. The van der Waals surface area contributed by atoms with E-state index >= 15 is 0 Å². The van der Waals surface area contributed by atoms with Gasteiger partial charge in [-0.15, -0.1) is 0 Å². The highest BCUT2D eigenvalue weighted by molar-refractivity contribution is 14.1. The maximum Gasteiger partial charge on any atom is 0.0415 e. The van der Waals surface area contributed by atoms with E-state index < -0.39 is 0 Å². The number of hydrogen-bond donors (Lipinski definition) is 1. The van der Waals surface area contributed by atoms with Crippen LogP contribution in [-0.2, 0) is 13.1 Å². The molecule has 2 aromatic rings. The van der Waals surface area contributed by atoms with E-state index in [0.29, 0.717) is 0 Å². The van der Waals surface area contributed by atoms with Crippen LogP contribution in [0, 0.1) is 3.57 Å². The zero-order valence-corrected chi connectivity index (χ0v) is 13.3. The molecule has 4 heteroatoms. The number of aryl methyl sites for hydroxylation is 1. The van der Waals surface area contributed by atoms with Crippen LogP contribution in [0.5, 0.6) is 0 Å². The summed E-state index contributed by atoms with van der Waals surface area (Å²) in [6, 6.07) is 8.46. The Morgan fingerprint density at radius 1 is 1.35 bits per heavy atom. The predicted molar refractivity (Wildman–Crippen MR) is 84.3 cm³/mol. The van der Waals surface area contributed by atoms with Crippen molar-refractivity contribution in [3.63, 3.8) is 0 Å². The fourth-order valence-electron chi connectivity index (χ4n) is 1.60. The SMILES string of the molecule is CCn1ccc(CNc2ccc(I)c(Br)c2)c1. The van der Waals surface area contributed by atoms with E-state index in [-0.39, 0.29) is 0 Å². The van der Waals surface area contributed by atoms with Crippen molar-refractivity contribution in [3.8, 4) is 0 Å². The second-order valence-corrected chi connectivity index (χ2v) is 5.85. The Kier molecular flexibility index (Phi) is 4.50. The quantitative estimate of drug-likeness (QED) is 0.743. The summed E-state index contributed by atoms with van der Waals surface area (Å²) in [4.78, 5) is 0. The number of benzene rings is 1.